The Labute approximate surface area is 165 Å². The molecule has 3 rings (SSSR count). The van der Waals surface area contributed by atoms with E-state index in [9.17, 15) is 26.3 Å². The van der Waals surface area contributed by atoms with Crippen molar-refractivity contribution in [3.63, 3.8) is 0 Å². The summed E-state index contributed by atoms with van der Waals surface area (Å²) < 4.78 is 83.0. The molecule has 1 heterocycles. The first kappa shape index (κ1) is 20.8. The van der Waals surface area contributed by atoms with Gasteiger partial charge < -0.3 is 9.47 Å². The van der Waals surface area contributed by atoms with Crippen LogP contribution in [0.3, 0.4) is 0 Å². The zero-order chi connectivity index (χ0) is 21.2. The molecular formula is C18H11ClF6N2O2. The molecule has 0 aliphatic rings. The molecule has 0 N–H and O–H groups in total. The Bertz CT molecular complexity index is 889. The number of rotatable bonds is 5. The van der Waals surface area contributed by atoms with Gasteiger partial charge in [-0.15, -0.1) is 37.9 Å². The van der Waals surface area contributed by atoms with Crippen LogP contribution in [0, 0.1) is 0 Å². The van der Waals surface area contributed by atoms with Crippen molar-refractivity contribution < 1.29 is 35.8 Å². The maximum absolute atomic E-state index is 12.3. The number of nitrogens with zero attached hydrogens (tertiary/aromatic N) is 2. The van der Waals surface area contributed by atoms with Crippen LogP contribution in [0.4, 0.5) is 26.3 Å². The first-order valence-electron chi connectivity index (χ1n) is 7.91. The second kappa shape index (κ2) is 7.86. The van der Waals surface area contributed by atoms with E-state index in [0.29, 0.717) is 22.8 Å². The molecule has 0 radical (unpaired) electrons. The van der Waals surface area contributed by atoms with Crippen molar-refractivity contribution >= 4 is 11.6 Å². The number of ether oxygens (including phenoxy) is 2. The van der Waals surface area contributed by atoms with Gasteiger partial charge >= 0.3 is 12.7 Å². The van der Waals surface area contributed by atoms with Gasteiger partial charge in [0, 0.05) is 17.4 Å². The highest BCUT2D eigenvalue weighted by molar-refractivity contribution is 6.16. The van der Waals surface area contributed by atoms with E-state index in [2.05, 4.69) is 14.5 Å². The lowest BCUT2D eigenvalue weighted by Crippen LogP contribution is -2.17. The van der Waals surface area contributed by atoms with Gasteiger partial charge in [0.25, 0.3) is 0 Å². The van der Waals surface area contributed by atoms with Gasteiger partial charge in [0.2, 0.25) is 0 Å². The molecule has 11 heteroatoms. The molecular weight excluding hydrogens is 426 g/mol. The molecule has 3 aromatic rings. The number of hydrogen-bond acceptors (Lipinski definition) is 3. The monoisotopic (exact) mass is 436 g/mol. The van der Waals surface area contributed by atoms with Crippen LogP contribution >= 0.6 is 11.6 Å². The van der Waals surface area contributed by atoms with E-state index in [1.54, 1.807) is 10.8 Å². The van der Waals surface area contributed by atoms with E-state index in [-0.39, 0.29) is 5.88 Å². The number of benzene rings is 2. The highest BCUT2D eigenvalue weighted by Gasteiger charge is 2.31. The molecule has 0 unspecified atom stereocenters. The summed E-state index contributed by atoms with van der Waals surface area (Å²) in [5, 5.41) is 0. The number of hydrogen-bond donors (Lipinski definition) is 0. The van der Waals surface area contributed by atoms with Crippen LogP contribution in [-0.2, 0) is 5.88 Å². The first-order valence-corrected chi connectivity index (χ1v) is 8.44. The lowest BCUT2D eigenvalue weighted by atomic mass is 10.2. The Balaban J connectivity index is 1.92. The molecule has 2 aromatic carbocycles. The van der Waals surface area contributed by atoms with Crippen molar-refractivity contribution in [3.05, 3.63) is 60.4 Å². The van der Waals surface area contributed by atoms with E-state index in [1.807, 2.05) is 0 Å². The molecule has 0 bridgehead atoms. The van der Waals surface area contributed by atoms with Crippen molar-refractivity contribution in [2.24, 2.45) is 0 Å². The second-order valence-corrected chi connectivity index (χ2v) is 5.94. The maximum Gasteiger partial charge on any atom is 0.573 e. The third kappa shape index (κ3) is 5.57. The third-order valence-corrected chi connectivity index (χ3v) is 3.86. The predicted molar refractivity (Wildman–Crippen MR) is 91.9 cm³/mol. The Morgan fingerprint density at radius 1 is 0.793 bits per heavy atom. The van der Waals surface area contributed by atoms with Crippen molar-refractivity contribution in [1.82, 2.24) is 9.55 Å². The average Bonchev–Trinajstić information content (AvgIpc) is 3.05. The van der Waals surface area contributed by atoms with Crippen LogP contribution in [0.2, 0.25) is 0 Å². The fourth-order valence-electron chi connectivity index (χ4n) is 2.51. The summed E-state index contributed by atoms with van der Waals surface area (Å²) in [6.07, 6.45) is -8.05. The lowest BCUT2D eigenvalue weighted by Gasteiger charge is -2.12. The lowest BCUT2D eigenvalue weighted by molar-refractivity contribution is -0.275. The molecule has 1 aromatic heterocycles. The van der Waals surface area contributed by atoms with Crippen LogP contribution in [0.15, 0.2) is 54.7 Å². The minimum Gasteiger partial charge on any atom is -0.406 e. The highest BCUT2D eigenvalue weighted by atomic mass is 35.5. The largest absolute Gasteiger partial charge is 0.573 e. The highest BCUT2D eigenvalue weighted by Crippen LogP contribution is 2.29. The van der Waals surface area contributed by atoms with Gasteiger partial charge in [-0.1, -0.05) is 0 Å². The number of aromatic nitrogens is 2. The van der Waals surface area contributed by atoms with E-state index in [1.165, 1.54) is 24.3 Å². The minimum atomic E-state index is -4.81. The molecule has 154 valence electrons. The van der Waals surface area contributed by atoms with Crippen LogP contribution in [0.1, 0.15) is 5.69 Å². The average molecular weight is 437 g/mol. The van der Waals surface area contributed by atoms with Crippen molar-refractivity contribution in [2.75, 3.05) is 0 Å². The first-order chi connectivity index (χ1) is 13.5. The number of alkyl halides is 7. The maximum atomic E-state index is 12.3. The fourth-order valence-corrected chi connectivity index (χ4v) is 2.64. The van der Waals surface area contributed by atoms with Crippen LogP contribution in [0.5, 0.6) is 11.5 Å². The molecule has 0 aliphatic carbocycles. The van der Waals surface area contributed by atoms with E-state index in [4.69, 9.17) is 11.6 Å². The molecule has 0 aliphatic heterocycles. The van der Waals surface area contributed by atoms with Crippen molar-refractivity contribution in [2.45, 2.75) is 18.6 Å². The molecule has 0 saturated heterocycles. The SMILES string of the molecule is FC(F)(F)Oc1ccc(-c2nc(CCl)cn2-c2ccc(OC(F)(F)F)cc2)cc1. The van der Waals surface area contributed by atoms with Crippen LogP contribution < -0.4 is 9.47 Å². The van der Waals surface area contributed by atoms with Gasteiger partial charge in [0.1, 0.15) is 17.3 Å². The van der Waals surface area contributed by atoms with Crippen LogP contribution in [0.25, 0.3) is 17.1 Å². The third-order valence-electron chi connectivity index (χ3n) is 3.59. The molecule has 0 fully saturated rings. The van der Waals surface area contributed by atoms with E-state index < -0.39 is 24.2 Å². The molecule has 0 saturated carbocycles. The normalized spacial score (nSPS) is 12.1. The summed E-state index contributed by atoms with van der Waals surface area (Å²) in [4.78, 5) is 4.32. The molecule has 4 nitrogen and oxygen atoms in total. The van der Waals surface area contributed by atoms with E-state index in [0.717, 1.165) is 24.3 Å². The topological polar surface area (TPSA) is 36.3 Å². The summed E-state index contributed by atoms with van der Waals surface area (Å²) in [6, 6.07) is 10.0. The van der Waals surface area contributed by atoms with Gasteiger partial charge in [0.15, 0.2) is 0 Å². The molecule has 0 atom stereocenters. The quantitative estimate of drug-likeness (QED) is 0.359. The van der Waals surface area contributed by atoms with Gasteiger partial charge in [-0.25, -0.2) is 4.98 Å². The summed E-state index contributed by atoms with van der Waals surface area (Å²) in [7, 11) is 0. The Hall–Kier alpha value is -2.88. The standard InChI is InChI=1S/C18H11ClF6N2O2/c19-9-12-10-27(13-3-7-15(8-4-13)29-18(23,24)25)16(26-12)11-1-5-14(6-2-11)28-17(20,21)22/h1-8,10H,9H2. The fraction of sp³-hybridized carbons (Fsp3) is 0.167. The predicted octanol–water partition coefficient (Wildman–Crippen LogP) is 6.08. The smallest absolute Gasteiger partial charge is 0.406 e. The zero-order valence-electron chi connectivity index (χ0n) is 14.3. The summed E-state index contributed by atoms with van der Waals surface area (Å²) in [5.41, 5.74) is 1.37. The van der Waals surface area contributed by atoms with Gasteiger partial charge in [-0.05, 0) is 48.5 Å². The van der Waals surface area contributed by atoms with E-state index >= 15 is 0 Å². The summed E-state index contributed by atoms with van der Waals surface area (Å²) >= 11 is 5.82. The molecule has 29 heavy (non-hydrogen) atoms. The van der Waals surface area contributed by atoms with Gasteiger partial charge in [-0.3, -0.25) is 4.57 Å². The minimum absolute atomic E-state index is 0.0601. The number of imidazole rings is 1. The Kier molecular flexibility index (Phi) is 5.65. The van der Waals surface area contributed by atoms with Gasteiger partial charge in [0.05, 0.1) is 11.6 Å². The molecule has 0 spiro atoms. The Morgan fingerprint density at radius 3 is 1.72 bits per heavy atom. The summed E-state index contributed by atoms with van der Waals surface area (Å²) in [6.45, 7) is 0. The van der Waals surface area contributed by atoms with Crippen molar-refractivity contribution in [3.8, 4) is 28.6 Å². The Morgan fingerprint density at radius 2 is 1.28 bits per heavy atom. The molecule has 0 amide bonds. The van der Waals surface area contributed by atoms with Gasteiger partial charge in [-0.2, -0.15) is 0 Å². The number of halogens is 7. The van der Waals surface area contributed by atoms with Crippen molar-refractivity contribution in [1.29, 1.82) is 0 Å². The second-order valence-electron chi connectivity index (χ2n) is 5.67. The summed E-state index contributed by atoms with van der Waals surface area (Å²) in [5.74, 6) is -0.395. The van der Waals surface area contributed by atoms with Crippen LogP contribution in [-0.4, -0.2) is 22.3 Å². The zero-order valence-corrected chi connectivity index (χ0v) is 15.0.